The largest absolute Gasteiger partial charge is 0.378 e. The highest BCUT2D eigenvalue weighted by molar-refractivity contribution is 7.80. The predicted molar refractivity (Wildman–Crippen MR) is 121 cm³/mol. The van der Waals surface area contributed by atoms with Gasteiger partial charge in [-0.25, -0.2) is 4.98 Å². The first-order chi connectivity index (χ1) is 14.0. The molecule has 0 aliphatic carbocycles. The van der Waals surface area contributed by atoms with Gasteiger partial charge < -0.3 is 25.6 Å². The van der Waals surface area contributed by atoms with Crippen LogP contribution in [0.25, 0.3) is 0 Å². The summed E-state index contributed by atoms with van der Waals surface area (Å²) in [5.74, 6) is 1.28. The fraction of sp³-hybridized carbons (Fsp3) is 0.368. The maximum absolute atomic E-state index is 5.47. The molecule has 1 aromatic heterocycles. The molecule has 1 aliphatic heterocycles. The lowest BCUT2D eigenvalue weighted by Gasteiger charge is -2.30. The highest BCUT2D eigenvalue weighted by atomic mass is 32.1. The van der Waals surface area contributed by atoms with E-state index in [4.69, 9.17) is 22.7 Å². The summed E-state index contributed by atoms with van der Waals surface area (Å²) in [4.78, 5) is 13.3. The first-order valence-corrected chi connectivity index (χ1v) is 9.73. The number of rotatable bonds is 7. The van der Waals surface area contributed by atoms with Crippen LogP contribution in [-0.2, 0) is 11.3 Å². The van der Waals surface area contributed by atoms with Crippen LogP contribution in [0.5, 0.6) is 0 Å². The highest BCUT2D eigenvalue weighted by Crippen LogP contribution is 2.22. The van der Waals surface area contributed by atoms with Gasteiger partial charge in [0.25, 0.3) is 0 Å². The topological polar surface area (TPSA) is 104 Å². The van der Waals surface area contributed by atoms with E-state index in [1.54, 1.807) is 12.4 Å². The molecule has 29 heavy (non-hydrogen) atoms. The molecular weight excluding hydrogens is 388 g/mol. The van der Waals surface area contributed by atoms with Crippen molar-refractivity contribution in [1.82, 2.24) is 15.4 Å². The van der Waals surface area contributed by atoms with E-state index < -0.39 is 0 Å². The van der Waals surface area contributed by atoms with Crippen molar-refractivity contribution < 1.29 is 4.74 Å². The molecule has 10 heteroatoms. The van der Waals surface area contributed by atoms with E-state index in [1.807, 2.05) is 25.1 Å². The Kier molecular flexibility index (Phi) is 7.14. The molecule has 0 atom stereocenters. The Hall–Kier alpha value is -2.98. The molecule has 3 rings (SSSR count). The third-order valence-electron chi connectivity index (χ3n) is 4.38. The molecule has 4 N–H and O–H groups in total. The first-order valence-electron chi connectivity index (χ1n) is 9.32. The molecule has 1 saturated heterocycles. The molecule has 0 radical (unpaired) electrons. The number of nitrogens with two attached hydrogens (primary N) is 1. The van der Waals surface area contributed by atoms with Crippen molar-refractivity contribution in [2.75, 3.05) is 55.5 Å². The fourth-order valence-corrected chi connectivity index (χ4v) is 3.08. The molecule has 9 nitrogen and oxygen atoms in total. The van der Waals surface area contributed by atoms with Crippen LogP contribution >= 0.6 is 12.2 Å². The summed E-state index contributed by atoms with van der Waals surface area (Å²) in [7, 11) is 3.83. The molecule has 1 aliphatic rings. The second-order valence-corrected chi connectivity index (χ2v) is 7.12. The summed E-state index contributed by atoms with van der Waals surface area (Å²) in [6.07, 6.45) is 3.30. The number of benzene rings is 1. The van der Waals surface area contributed by atoms with Crippen LogP contribution < -0.4 is 26.3 Å². The van der Waals surface area contributed by atoms with E-state index in [-0.39, 0.29) is 5.11 Å². The lowest BCUT2D eigenvalue weighted by atomic mass is 10.1. The molecule has 0 spiro atoms. The van der Waals surface area contributed by atoms with E-state index >= 15 is 0 Å². The summed E-state index contributed by atoms with van der Waals surface area (Å²) in [5.41, 5.74) is 11.1. The van der Waals surface area contributed by atoms with Crippen LogP contribution in [0.1, 0.15) is 11.1 Å². The number of hydrogen-bond donors (Lipinski definition) is 3. The third-order valence-corrected chi connectivity index (χ3v) is 4.47. The molecule has 2 heterocycles. The van der Waals surface area contributed by atoms with Crippen molar-refractivity contribution in [2.24, 2.45) is 10.8 Å². The summed E-state index contributed by atoms with van der Waals surface area (Å²) < 4.78 is 5.47. The second kappa shape index (κ2) is 9.99. The lowest BCUT2D eigenvalue weighted by Crippen LogP contribution is -2.36. The van der Waals surface area contributed by atoms with Crippen LogP contribution in [0.4, 0.5) is 17.5 Å². The molecule has 1 fully saturated rings. The zero-order valence-corrected chi connectivity index (χ0v) is 17.4. The number of morpholine rings is 1. The van der Waals surface area contributed by atoms with Gasteiger partial charge in [-0.2, -0.15) is 10.1 Å². The van der Waals surface area contributed by atoms with Gasteiger partial charge in [0.15, 0.2) is 5.11 Å². The van der Waals surface area contributed by atoms with Gasteiger partial charge in [-0.15, -0.1) is 0 Å². The Morgan fingerprint density at radius 3 is 2.83 bits per heavy atom. The van der Waals surface area contributed by atoms with E-state index in [0.29, 0.717) is 12.5 Å². The Labute approximate surface area is 176 Å². The number of thiocarbonyl (C=S) groups is 1. The van der Waals surface area contributed by atoms with E-state index in [9.17, 15) is 0 Å². The van der Waals surface area contributed by atoms with E-state index in [2.05, 4.69) is 48.9 Å². The third kappa shape index (κ3) is 5.75. The molecule has 2 aromatic rings. The molecule has 0 amide bonds. The van der Waals surface area contributed by atoms with Gasteiger partial charge >= 0.3 is 0 Å². The average molecular weight is 415 g/mol. The molecule has 0 bridgehead atoms. The van der Waals surface area contributed by atoms with E-state index in [0.717, 1.165) is 37.7 Å². The van der Waals surface area contributed by atoms with Crippen LogP contribution in [0.3, 0.4) is 0 Å². The maximum Gasteiger partial charge on any atom is 0.224 e. The van der Waals surface area contributed by atoms with Crippen LogP contribution in [0.15, 0.2) is 35.6 Å². The second-order valence-electron chi connectivity index (χ2n) is 6.68. The van der Waals surface area contributed by atoms with Crippen molar-refractivity contribution >= 4 is 41.0 Å². The molecule has 154 valence electrons. The number of para-hydroxylation sites is 1. The Balaban J connectivity index is 1.73. The Morgan fingerprint density at radius 2 is 2.10 bits per heavy atom. The minimum absolute atomic E-state index is 0.103. The number of nitrogens with one attached hydrogen (secondary N) is 2. The number of hydrogen-bond acceptors (Lipinski definition) is 8. The summed E-state index contributed by atoms with van der Waals surface area (Å²) in [6, 6.07) is 8.36. The standard InChI is InChI=1S/C19H26N8OS/c1-26(2)17-15(13-23-25-18(20)29)12-22-19(24-17)21-11-14-5-3-4-6-16(14)27-7-9-28-10-8-27/h3-6,12-13H,7-11H2,1-2H3,(H3,20,25,29)(H,21,22,24). The summed E-state index contributed by atoms with van der Waals surface area (Å²) >= 11 is 4.75. The zero-order valence-electron chi connectivity index (χ0n) is 16.6. The zero-order chi connectivity index (χ0) is 20.6. The van der Waals surface area contributed by atoms with Crippen molar-refractivity contribution in [3.05, 3.63) is 41.6 Å². The van der Waals surface area contributed by atoms with Crippen molar-refractivity contribution in [3.8, 4) is 0 Å². The summed E-state index contributed by atoms with van der Waals surface area (Å²) in [6.45, 7) is 3.92. The monoisotopic (exact) mass is 414 g/mol. The van der Waals surface area contributed by atoms with E-state index in [1.165, 1.54) is 11.3 Å². The Bertz CT molecular complexity index is 867. The van der Waals surface area contributed by atoms with Crippen molar-refractivity contribution in [3.63, 3.8) is 0 Å². The highest BCUT2D eigenvalue weighted by Gasteiger charge is 2.15. The van der Waals surface area contributed by atoms with Gasteiger partial charge in [-0.05, 0) is 23.8 Å². The molecule has 1 aromatic carbocycles. The first kappa shape index (κ1) is 20.7. The molecule has 0 unspecified atom stereocenters. The predicted octanol–water partition coefficient (Wildman–Crippen LogP) is 1.16. The number of hydrazone groups is 1. The van der Waals surface area contributed by atoms with Crippen LogP contribution in [0, 0.1) is 0 Å². The van der Waals surface area contributed by atoms with Gasteiger partial charge in [-0.3, -0.25) is 5.43 Å². The SMILES string of the molecule is CN(C)c1nc(NCc2ccccc2N2CCOCC2)ncc1C=NNC(N)=S. The van der Waals surface area contributed by atoms with Crippen LogP contribution in [-0.4, -0.2) is 61.7 Å². The molecular formula is C19H26N8OS. The normalized spacial score (nSPS) is 14.1. The van der Waals surface area contributed by atoms with Crippen molar-refractivity contribution in [1.29, 1.82) is 0 Å². The van der Waals surface area contributed by atoms with Gasteiger partial charge in [0, 0.05) is 45.6 Å². The van der Waals surface area contributed by atoms with Gasteiger partial charge in [-0.1, -0.05) is 18.2 Å². The fourth-order valence-electron chi connectivity index (χ4n) is 3.03. The van der Waals surface area contributed by atoms with Crippen LogP contribution in [0.2, 0.25) is 0 Å². The van der Waals surface area contributed by atoms with Crippen molar-refractivity contribution in [2.45, 2.75) is 6.54 Å². The number of nitrogens with zero attached hydrogens (tertiary/aromatic N) is 5. The minimum Gasteiger partial charge on any atom is -0.378 e. The minimum atomic E-state index is 0.103. The van der Waals surface area contributed by atoms with Gasteiger partial charge in [0.2, 0.25) is 5.95 Å². The number of anilines is 3. The summed E-state index contributed by atoms with van der Waals surface area (Å²) in [5, 5.41) is 7.42. The maximum atomic E-state index is 5.47. The van der Waals surface area contributed by atoms with Gasteiger partial charge in [0.05, 0.1) is 25.0 Å². The number of aromatic nitrogens is 2. The van der Waals surface area contributed by atoms with Gasteiger partial charge in [0.1, 0.15) is 5.82 Å². The smallest absolute Gasteiger partial charge is 0.224 e. The average Bonchev–Trinajstić information content (AvgIpc) is 2.73. The number of ether oxygens (including phenoxy) is 1. The lowest BCUT2D eigenvalue weighted by molar-refractivity contribution is 0.122. The Morgan fingerprint density at radius 1 is 1.34 bits per heavy atom. The molecule has 0 saturated carbocycles. The quantitative estimate of drug-likeness (QED) is 0.350.